The largest absolute Gasteiger partial charge is 0.508 e. The summed E-state index contributed by atoms with van der Waals surface area (Å²) in [5.74, 6) is 0.283. The molecule has 1 rings (SSSR count). The molecule has 1 aromatic rings. The van der Waals surface area contributed by atoms with E-state index in [9.17, 15) is 5.11 Å². The van der Waals surface area contributed by atoms with E-state index < -0.39 is 0 Å². The second-order valence-electron chi connectivity index (χ2n) is 4.29. The summed E-state index contributed by atoms with van der Waals surface area (Å²) in [6, 6.07) is 7.25. The van der Waals surface area contributed by atoms with Crippen LogP contribution in [0.15, 0.2) is 48.6 Å². The van der Waals surface area contributed by atoms with Crippen LogP contribution in [0.5, 0.6) is 5.75 Å². The summed E-state index contributed by atoms with van der Waals surface area (Å²) in [4.78, 5) is 2.14. The van der Waals surface area contributed by atoms with E-state index in [2.05, 4.69) is 18.1 Å². The van der Waals surface area contributed by atoms with E-state index in [1.165, 1.54) is 0 Å². The molecule has 16 heavy (non-hydrogen) atoms. The van der Waals surface area contributed by atoms with Gasteiger partial charge in [0.15, 0.2) is 0 Å². The molecule has 0 bridgehead atoms. The predicted octanol–water partition coefficient (Wildman–Crippen LogP) is 3.35. The second kappa shape index (κ2) is 5.40. The fourth-order valence-electron chi connectivity index (χ4n) is 1.58. The van der Waals surface area contributed by atoms with Crippen LogP contribution in [0, 0.1) is 0 Å². The first-order chi connectivity index (χ1) is 7.49. The molecule has 86 valence electrons. The first-order valence-corrected chi connectivity index (χ1v) is 5.32. The Labute approximate surface area is 97.5 Å². The summed E-state index contributed by atoms with van der Waals surface area (Å²) in [5, 5.41) is 9.46. The molecule has 0 aliphatic carbocycles. The van der Waals surface area contributed by atoms with Gasteiger partial charge in [-0.05, 0) is 26.0 Å². The monoisotopic (exact) mass is 217 g/mol. The van der Waals surface area contributed by atoms with Crippen molar-refractivity contribution < 1.29 is 5.11 Å². The van der Waals surface area contributed by atoms with Crippen molar-refractivity contribution in [2.45, 2.75) is 13.8 Å². The van der Waals surface area contributed by atoms with Crippen molar-refractivity contribution in [1.29, 1.82) is 0 Å². The Morgan fingerprint density at radius 1 is 1.19 bits per heavy atom. The van der Waals surface area contributed by atoms with Gasteiger partial charge in [0.05, 0.1) is 0 Å². The summed E-state index contributed by atoms with van der Waals surface area (Å²) in [7, 11) is 0. The van der Waals surface area contributed by atoms with Crippen LogP contribution < -0.4 is 4.90 Å². The van der Waals surface area contributed by atoms with Crippen LogP contribution in [0.3, 0.4) is 0 Å². The summed E-state index contributed by atoms with van der Waals surface area (Å²) in [5.41, 5.74) is 3.17. The SMILES string of the molecule is C=C(C)CN(CC(=C)C)c1cccc(O)c1. The topological polar surface area (TPSA) is 23.5 Å². The van der Waals surface area contributed by atoms with Crippen molar-refractivity contribution in [3.63, 3.8) is 0 Å². The van der Waals surface area contributed by atoms with Gasteiger partial charge in [-0.25, -0.2) is 0 Å². The molecule has 1 aromatic carbocycles. The molecule has 0 amide bonds. The highest BCUT2D eigenvalue weighted by atomic mass is 16.3. The molecular formula is C14H19NO. The third-order valence-corrected chi connectivity index (χ3v) is 2.12. The van der Waals surface area contributed by atoms with E-state index in [0.29, 0.717) is 0 Å². The lowest BCUT2D eigenvalue weighted by Crippen LogP contribution is -2.26. The zero-order chi connectivity index (χ0) is 12.1. The third kappa shape index (κ3) is 3.81. The first kappa shape index (κ1) is 12.4. The average Bonchev–Trinajstić information content (AvgIpc) is 2.15. The molecule has 0 unspecified atom stereocenters. The minimum Gasteiger partial charge on any atom is -0.508 e. The number of nitrogens with zero attached hydrogens (tertiary/aromatic N) is 1. The lowest BCUT2D eigenvalue weighted by atomic mass is 10.2. The van der Waals surface area contributed by atoms with Crippen LogP contribution >= 0.6 is 0 Å². The molecule has 2 heteroatoms. The minimum absolute atomic E-state index is 0.283. The van der Waals surface area contributed by atoms with Crippen molar-refractivity contribution in [3.8, 4) is 5.75 Å². The Bertz CT molecular complexity index is 379. The Morgan fingerprint density at radius 3 is 2.19 bits per heavy atom. The van der Waals surface area contributed by atoms with E-state index in [4.69, 9.17) is 0 Å². The maximum atomic E-state index is 9.46. The van der Waals surface area contributed by atoms with E-state index in [1.54, 1.807) is 12.1 Å². The number of anilines is 1. The van der Waals surface area contributed by atoms with Gasteiger partial charge in [-0.15, -0.1) is 0 Å². The van der Waals surface area contributed by atoms with Gasteiger partial charge in [0.1, 0.15) is 5.75 Å². The second-order valence-corrected chi connectivity index (χ2v) is 4.29. The summed E-state index contributed by atoms with van der Waals surface area (Å²) in [6.07, 6.45) is 0. The quantitative estimate of drug-likeness (QED) is 0.764. The number of benzene rings is 1. The maximum absolute atomic E-state index is 9.46. The number of hydrogen-bond acceptors (Lipinski definition) is 2. The van der Waals surface area contributed by atoms with Crippen LogP contribution in [0.2, 0.25) is 0 Å². The summed E-state index contributed by atoms with van der Waals surface area (Å²) < 4.78 is 0. The fraction of sp³-hybridized carbons (Fsp3) is 0.286. The van der Waals surface area contributed by atoms with Crippen LogP contribution in [0.25, 0.3) is 0 Å². The Morgan fingerprint density at radius 2 is 1.75 bits per heavy atom. The van der Waals surface area contributed by atoms with Crippen LogP contribution in [0.4, 0.5) is 5.69 Å². The average molecular weight is 217 g/mol. The molecule has 1 N–H and O–H groups in total. The van der Waals surface area contributed by atoms with Gasteiger partial charge in [0.25, 0.3) is 0 Å². The van der Waals surface area contributed by atoms with Gasteiger partial charge in [-0.2, -0.15) is 0 Å². The Balaban J connectivity index is 2.90. The van der Waals surface area contributed by atoms with Crippen molar-refractivity contribution in [3.05, 3.63) is 48.6 Å². The Hall–Kier alpha value is -1.70. The van der Waals surface area contributed by atoms with E-state index in [1.807, 2.05) is 26.0 Å². The smallest absolute Gasteiger partial charge is 0.117 e. The zero-order valence-electron chi connectivity index (χ0n) is 10.0. The standard InChI is InChI=1S/C14H19NO/c1-11(2)9-15(10-12(3)4)13-6-5-7-14(16)8-13/h5-8,16H,1,3,9-10H2,2,4H3. The third-order valence-electron chi connectivity index (χ3n) is 2.12. The van der Waals surface area contributed by atoms with Crippen LogP contribution in [0.1, 0.15) is 13.8 Å². The predicted molar refractivity (Wildman–Crippen MR) is 69.9 cm³/mol. The Kier molecular flexibility index (Phi) is 4.18. The summed E-state index contributed by atoms with van der Waals surface area (Å²) in [6.45, 7) is 13.4. The zero-order valence-corrected chi connectivity index (χ0v) is 10.0. The number of rotatable bonds is 5. The summed E-state index contributed by atoms with van der Waals surface area (Å²) >= 11 is 0. The van der Waals surface area contributed by atoms with Gasteiger partial charge in [0.2, 0.25) is 0 Å². The van der Waals surface area contributed by atoms with Gasteiger partial charge in [0, 0.05) is 24.8 Å². The van der Waals surface area contributed by atoms with E-state index in [0.717, 1.165) is 29.9 Å². The highest BCUT2D eigenvalue weighted by Gasteiger charge is 2.07. The van der Waals surface area contributed by atoms with Gasteiger partial charge in [-0.1, -0.05) is 30.4 Å². The molecule has 0 radical (unpaired) electrons. The number of phenolic OH excluding ortho intramolecular Hbond substituents is 1. The number of phenols is 1. The highest BCUT2D eigenvalue weighted by Crippen LogP contribution is 2.21. The molecular weight excluding hydrogens is 198 g/mol. The van der Waals surface area contributed by atoms with Gasteiger partial charge >= 0.3 is 0 Å². The van der Waals surface area contributed by atoms with E-state index >= 15 is 0 Å². The number of aromatic hydroxyl groups is 1. The fourth-order valence-corrected chi connectivity index (χ4v) is 1.58. The highest BCUT2D eigenvalue weighted by molar-refractivity contribution is 5.52. The molecule has 0 saturated heterocycles. The van der Waals surface area contributed by atoms with Crippen LogP contribution in [-0.2, 0) is 0 Å². The maximum Gasteiger partial charge on any atom is 0.117 e. The molecule has 0 fully saturated rings. The van der Waals surface area contributed by atoms with Crippen LogP contribution in [-0.4, -0.2) is 18.2 Å². The van der Waals surface area contributed by atoms with E-state index in [-0.39, 0.29) is 5.75 Å². The molecule has 0 spiro atoms. The lowest BCUT2D eigenvalue weighted by Gasteiger charge is -2.25. The molecule has 0 aliphatic rings. The van der Waals surface area contributed by atoms with Gasteiger partial charge in [-0.3, -0.25) is 0 Å². The molecule has 0 heterocycles. The minimum atomic E-state index is 0.283. The normalized spacial score (nSPS) is 9.88. The molecule has 2 nitrogen and oxygen atoms in total. The number of hydrogen-bond donors (Lipinski definition) is 1. The molecule has 0 atom stereocenters. The van der Waals surface area contributed by atoms with Crippen molar-refractivity contribution in [2.75, 3.05) is 18.0 Å². The molecule has 0 saturated carbocycles. The molecule has 0 aromatic heterocycles. The lowest BCUT2D eigenvalue weighted by molar-refractivity contribution is 0.475. The van der Waals surface area contributed by atoms with Crippen molar-refractivity contribution in [1.82, 2.24) is 0 Å². The van der Waals surface area contributed by atoms with Crippen molar-refractivity contribution in [2.24, 2.45) is 0 Å². The molecule has 0 aliphatic heterocycles. The van der Waals surface area contributed by atoms with Gasteiger partial charge < -0.3 is 10.0 Å². The first-order valence-electron chi connectivity index (χ1n) is 5.32. The van der Waals surface area contributed by atoms with Crippen molar-refractivity contribution >= 4 is 5.69 Å².